The minimum absolute atomic E-state index is 0.0412. The topological polar surface area (TPSA) is 106 Å². The summed E-state index contributed by atoms with van der Waals surface area (Å²) in [6.07, 6.45) is -0.953. The van der Waals surface area contributed by atoms with Crippen LogP contribution in [0.15, 0.2) is 5.38 Å². The van der Waals surface area contributed by atoms with Crippen LogP contribution in [0.4, 0.5) is 4.79 Å². The third-order valence-corrected chi connectivity index (χ3v) is 4.67. The SMILES string of the molecule is CC(=O)O[C@@H](CC(C(C)C)N(C)C(=O)OC(C)(C)C)c1nc(C(=O)O)cs1. The highest BCUT2D eigenvalue weighted by Gasteiger charge is 2.32. The number of carbonyl (C=O) groups is 3. The molecule has 1 N–H and O–H groups in total. The highest BCUT2D eigenvalue weighted by molar-refractivity contribution is 7.09. The molecule has 0 aliphatic rings. The van der Waals surface area contributed by atoms with Crippen LogP contribution in [0.25, 0.3) is 0 Å². The molecule has 1 unspecified atom stereocenters. The minimum Gasteiger partial charge on any atom is -0.476 e. The van der Waals surface area contributed by atoms with E-state index in [0.29, 0.717) is 5.01 Å². The lowest BCUT2D eigenvalue weighted by Crippen LogP contribution is -2.44. The average molecular weight is 400 g/mol. The van der Waals surface area contributed by atoms with E-state index in [-0.39, 0.29) is 24.1 Å². The second-order valence-electron chi connectivity index (χ2n) is 7.61. The largest absolute Gasteiger partial charge is 0.476 e. The highest BCUT2D eigenvalue weighted by Crippen LogP contribution is 2.30. The van der Waals surface area contributed by atoms with Gasteiger partial charge in [0.25, 0.3) is 0 Å². The third kappa shape index (κ3) is 7.16. The fourth-order valence-corrected chi connectivity index (χ4v) is 3.33. The molecule has 1 rings (SSSR count). The van der Waals surface area contributed by atoms with E-state index >= 15 is 0 Å². The van der Waals surface area contributed by atoms with E-state index in [4.69, 9.17) is 14.6 Å². The first kappa shape index (κ1) is 22.9. The molecule has 2 atom stereocenters. The minimum atomic E-state index is -1.15. The number of amides is 1. The van der Waals surface area contributed by atoms with Crippen molar-refractivity contribution in [2.75, 3.05) is 7.05 Å². The van der Waals surface area contributed by atoms with Crippen molar-refractivity contribution in [3.05, 3.63) is 16.1 Å². The van der Waals surface area contributed by atoms with E-state index in [1.807, 2.05) is 13.8 Å². The Balaban J connectivity index is 3.07. The van der Waals surface area contributed by atoms with E-state index in [9.17, 15) is 14.4 Å². The van der Waals surface area contributed by atoms with Gasteiger partial charge in [-0.25, -0.2) is 14.6 Å². The quantitative estimate of drug-likeness (QED) is 0.695. The number of aromatic carboxylic acids is 1. The Hall–Kier alpha value is -2.16. The molecule has 0 fully saturated rings. The van der Waals surface area contributed by atoms with E-state index in [2.05, 4.69) is 4.98 Å². The zero-order valence-electron chi connectivity index (χ0n) is 16.8. The van der Waals surface area contributed by atoms with Gasteiger partial charge in [0, 0.05) is 31.8 Å². The number of rotatable bonds is 7. The molecule has 0 saturated heterocycles. The summed E-state index contributed by atoms with van der Waals surface area (Å²) in [6.45, 7) is 10.5. The summed E-state index contributed by atoms with van der Waals surface area (Å²) in [5.74, 6) is -1.61. The van der Waals surface area contributed by atoms with Crippen molar-refractivity contribution in [1.29, 1.82) is 0 Å². The van der Waals surface area contributed by atoms with Gasteiger partial charge in [-0.15, -0.1) is 11.3 Å². The number of aromatic nitrogens is 1. The smallest absolute Gasteiger partial charge is 0.410 e. The van der Waals surface area contributed by atoms with Crippen LogP contribution in [-0.4, -0.2) is 51.7 Å². The number of hydrogen-bond donors (Lipinski definition) is 1. The Kier molecular flexibility index (Phi) is 7.77. The van der Waals surface area contributed by atoms with Gasteiger partial charge in [0.1, 0.15) is 10.6 Å². The van der Waals surface area contributed by atoms with E-state index < -0.39 is 29.7 Å². The van der Waals surface area contributed by atoms with Gasteiger partial charge < -0.3 is 19.5 Å². The Morgan fingerprint density at radius 3 is 2.30 bits per heavy atom. The molecule has 0 bridgehead atoms. The number of hydrogen-bond acceptors (Lipinski definition) is 7. The standard InChI is InChI=1S/C18H28N2O6S/c1-10(2)13(20(7)17(24)26-18(4,5)6)8-14(25-11(3)21)15-19-12(9-27-15)16(22)23/h9-10,13-14H,8H2,1-7H3,(H,22,23)/t13?,14-/m0/s1. The van der Waals surface area contributed by atoms with Crippen molar-refractivity contribution in [3.63, 3.8) is 0 Å². The number of thiazole rings is 1. The van der Waals surface area contributed by atoms with Crippen LogP contribution in [-0.2, 0) is 14.3 Å². The third-order valence-electron chi connectivity index (χ3n) is 3.73. The summed E-state index contributed by atoms with van der Waals surface area (Å²) >= 11 is 1.11. The normalized spacial score (nSPS) is 13.8. The van der Waals surface area contributed by atoms with Crippen LogP contribution < -0.4 is 0 Å². The van der Waals surface area contributed by atoms with Gasteiger partial charge >= 0.3 is 18.0 Å². The second-order valence-corrected chi connectivity index (χ2v) is 8.50. The fraction of sp³-hybridized carbons (Fsp3) is 0.667. The Morgan fingerprint density at radius 2 is 1.89 bits per heavy atom. The number of ether oxygens (including phenoxy) is 2. The van der Waals surface area contributed by atoms with Crippen molar-refractivity contribution in [3.8, 4) is 0 Å². The number of carbonyl (C=O) groups excluding carboxylic acids is 2. The first-order valence-electron chi connectivity index (χ1n) is 8.63. The van der Waals surface area contributed by atoms with Crippen LogP contribution in [0.1, 0.15) is 69.6 Å². The van der Waals surface area contributed by atoms with Crippen molar-refractivity contribution >= 4 is 29.4 Å². The first-order valence-corrected chi connectivity index (χ1v) is 9.51. The molecule has 0 aromatic carbocycles. The predicted molar refractivity (Wildman–Crippen MR) is 101 cm³/mol. The Labute approximate surface area is 163 Å². The predicted octanol–water partition coefficient (Wildman–Crippen LogP) is 3.73. The number of esters is 1. The van der Waals surface area contributed by atoms with Crippen molar-refractivity contribution in [1.82, 2.24) is 9.88 Å². The van der Waals surface area contributed by atoms with E-state index in [1.54, 1.807) is 27.8 Å². The van der Waals surface area contributed by atoms with E-state index in [1.165, 1.54) is 17.2 Å². The maximum absolute atomic E-state index is 12.4. The fourth-order valence-electron chi connectivity index (χ4n) is 2.50. The Bertz CT molecular complexity index is 680. The van der Waals surface area contributed by atoms with Crippen LogP contribution in [0, 0.1) is 5.92 Å². The molecule has 0 aliphatic heterocycles. The average Bonchev–Trinajstić information content (AvgIpc) is 2.98. The summed E-state index contributed by atoms with van der Waals surface area (Å²) in [4.78, 5) is 40.6. The summed E-state index contributed by atoms with van der Waals surface area (Å²) in [5.41, 5.74) is -0.734. The summed E-state index contributed by atoms with van der Waals surface area (Å²) in [7, 11) is 1.63. The van der Waals surface area contributed by atoms with Crippen LogP contribution in [0.3, 0.4) is 0 Å². The molecule has 8 nitrogen and oxygen atoms in total. The second kappa shape index (κ2) is 9.16. The summed E-state index contributed by atoms with van der Waals surface area (Å²) in [6, 6.07) is -0.304. The molecule has 1 heterocycles. The molecule has 1 aromatic heterocycles. The molecule has 0 aliphatic carbocycles. The van der Waals surface area contributed by atoms with Crippen molar-refractivity contribution < 1.29 is 29.0 Å². The van der Waals surface area contributed by atoms with Gasteiger partial charge in [-0.2, -0.15) is 0 Å². The zero-order chi connectivity index (χ0) is 20.9. The van der Waals surface area contributed by atoms with Crippen LogP contribution in [0.5, 0.6) is 0 Å². The molecule has 152 valence electrons. The first-order chi connectivity index (χ1) is 12.3. The van der Waals surface area contributed by atoms with Gasteiger partial charge in [-0.3, -0.25) is 4.79 Å². The molecule has 0 radical (unpaired) electrons. The lowest BCUT2D eigenvalue weighted by Gasteiger charge is -2.34. The Morgan fingerprint density at radius 1 is 1.30 bits per heavy atom. The van der Waals surface area contributed by atoms with Crippen LogP contribution in [0.2, 0.25) is 0 Å². The molecule has 1 aromatic rings. The highest BCUT2D eigenvalue weighted by atomic mass is 32.1. The molecule has 0 spiro atoms. The monoisotopic (exact) mass is 400 g/mol. The summed E-state index contributed by atoms with van der Waals surface area (Å²) in [5, 5.41) is 10.8. The van der Waals surface area contributed by atoms with Crippen LogP contribution >= 0.6 is 11.3 Å². The lowest BCUT2D eigenvalue weighted by molar-refractivity contribution is -0.147. The van der Waals surface area contributed by atoms with Gasteiger partial charge in [0.15, 0.2) is 11.8 Å². The van der Waals surface area contributed by atoms with Gasteiger partial charge in [0.2, 0.25) is 0 Å². The van der Waals surface area contributed by atoms with Crippen molar-refractivity contribution in [2.45, 2.75) is 65.7 Å². The van der Waals surface area contributed by atoms with Gasteiger partial charge in [-0.05, 0) is 26.7 Å². The molecule has 9 heteroatoms. The molecule has 0 saturated carbocycles. The lowest BCUT2D eigenvalue weighted by atomic mass is 9.96. The molecule has 1 amide bonds. The number of nitrogens with zero attached hydrogens (tertiary/aromatic N) is 2. The molecule has 27 heavy (non-hydrogen) atoms. The number of carboxylic acid groups (broad SMARTS) is 1. The zero-order valence-corrected chi connectivity index (χ0v) is 17.6. The summed E-state index contributed by atoms with van der Waals surface area (Å²) < 4.78 is 10.8. The van der Waals surface area contributed by atoms with Gasteiger partial charge in [0.05, 0.1) is 0 Å². The molecular formula is C18H28N2O6S. The maximum atomic E-state index is 12.4. The number of carboxylic acids is 1. The van der Waals surface area contributed by atoms with E-state index in [0.717, 1.165) is 11.3 Å². The maximum Gasteiger partial charge on any atom is 0.410 e. The molecular weight excluding hydrogens is 372 g/mol. The van der Waals surface area contributed by atoms with Gasteiger partial charge in [-0.1, -0.05) is 13.8 Å². The van der Waals surface area contributed by atoms with Crippen molar-refractivity contribution in [2.24, 2.45) is 5.92 Å².